The van der Waals surface area contributed by atoms with Crippen LogP contribution in [0.1, 0.15) is 37.5 Å². The molecule has 0 bridgehead atoms. The number of benzene rings is 3. The summed E-state index contributed by atoms with van der Waals surface area (Å²) in [5.74, 6) is 0.824. The van der Waals surface area contributed by atoms with Gasteiger partial charge in [-0.25, -0.2) is 0 Å². The Balaban J connectivity index is 1.32. The zero-order chi connectivity index (χ0) is 26.0. The summed E-state index contributed by atoms with van der Waals surface area (Å²) in [4.78, 5) is 15.5. The third-order valence-electron chi connectivity index (χ3n) is 6.48. The Morgan fingerprint density at radius 1 is 0.946 bits per heavy atom. The number of amides is 1. The monoisotopic (exact) mass is 526 g/mol. The topological polar surface area (TPSA) is 34.5 Å². The first-order chi connectivity index (χ1) is 17.8. The van der Waals surface area contributed by atoms with Crippen LogP contribution >= 0.6 is 24.0 Å². The molecule has 1 aliphatic heterocycles. The van der Waals surface area contributed by atoms with Crippen molar-refractivity contribution in [3.05, 3.63) is 107 Å². The Labute approximate surface area is 227 Å². The van der Waals surface area contributed by atoms with Crippen LogP contribution in [0.2, 0.25) is 0 Å². The van der Waals surface area contributed by atoms with E-state index >= 15 is 0 Å². The summed E-state index contributed by atoms with van der Waals surface area (Å²) >= 11 is 6.92. The lowest BCUT2D eigenvalue weighted by molar-refractivity contribution is -0.122. The van der Waals surface area contributed by atoms with Gasteiger partial charge in [-0.15, -0.1) is 0 Å². The van der Waals surface area contributed by atoms with Gasteiger partial charge in [-0.3, -0.25) is 9.69 Å². The number of hydrogen-bond acceptors (Lipinski definition) is 4. The van der Waals surface area contributed by atoms with Gasteiger partial charge >= 0.3 is 0 Å². The first-order valence-electron chi connectivity index (χ1n) is 12.4. The van der Waals surface area contributed by atoms with E-state index in [9.17, 15) is 4.79 Å². The number of thiocarbonyl (C=S) groups is 1. The van der Waals surface area contributed by atoms with Crippen molar-refractivity contribution < 1.29 is 9.53 Å². The van der Waals surface area contributed by atoms with E-state index in [1.54, 1.807) is 4.90 Å². The molecule has 0 aliphatic carbocycles. The van der Waals surface area contributed by atoms with Gasteiger partial charge in [-0.1, -0.05) is 105 Å². The summed E-state index contributed by atoms with van der Waals surface area (Å²) in [6.45, 7) is 8.35. The Morgan fingerprint density at radius 2 is 1.65 bits per heavy atom. The van der Waals surface area contributed by atoms with Gasteiger partial charge in [-0.05, 0) is 40.8 Å². The average molecular weight is 527 g/mol. The molecule has 1 saturated heterocycles. The molecule has 6 heteroatoms. The van der Waals surface area contributed by atoms with Crippen LogP contribution in [0.25, 0.3) is 17.0 Å². The molecule has 4 aromatic rings. The van der Waals surface area contributed by atoms with Crippen LogP contribution in [0.3, 0.4) is 0 Å². The molecule has 0 N–H and O–H groups in total. The second kappa shape index (κ2) is 10.6. The maximum absolute atomic E-state index is 13.2. The highest BCUT2D eigenvalue weighted by molar-refractivity contribution is 8.26. The zero-order valence-corrected chi connectivity index (χ0v) is 22.9. The van der Waals surface area contributed by atoms with E-state index in [4.69, 9.17) is 17.0 Å². The fourth-order valence-corrected chi connectivity index (χ4v) is 5.68. The van der Waals surface area contributed by atoms with E-state index < -0.39 is 0 Å². The number of nitrogens with zero attached hydrogens (tertiary/aromatic N) is 2. The van der Waals surface area contributed by atoms with Gasteiger partial charge in [0.25, 0.3) is 5.91 Å². The van der Waals surface area contributed by atoms with Crippen molar-refractivity contribution in [2.24, 2.45) is 0 Å². The Kier molecular flexibility index (Phi) is 7.22. The number of hydrogen-bond donors (Lipinski definition) is 0. The van der Waals surface area contributed by atoms with Crippen LogP contribution in [0.4, 0.5) is 0 Å². The molecule has 0 saturated carbocycles. The molecular weight excluding hydrogens is 496 g/mol. The van der Waals surface area contributed by atoms with Gasteiger partial charge < -0.3 is 9.30 Å². The van der Waals surface area contributed by atoms with Crippen LogP contribution in [0.15, 0.2) is 90.0 Å². The van der Waals surface area contributed by atoms with Crippen molar-refractivity contribution in [3.8, 4) is 5.75 Å². The zero-order valence-electron chi connectivity index (χ0n) is 21.3. The lowest BCUT2D eigenvalue weighted by Gasteiger charge is -2.19. The van der Waals surface area contributed by atoms with Crippen LogP contribution in [-0.4, -0.2) is 26.3 Å². The summed E-state index contributed by atoms with van der Waals surface area (Å²) in [5.41, 5.74) is 4.58. The van der Waals surface area contributed by atoms with E-state index in [2.05, 4.69) is 55.8 Å². The molecule has 37 heavy (non-hydrogen) atoms. The van der Waals surface area contributed by atoms with E-state index in [-0.39, 0.29) is 11.3 Å². The molecular formula is C31H30N2O2S2. The van der Waals surface area contributed by atoms with Crippen molar-refractivity contribution >= 4 is 51.2 Å². The molecule has 0 spiro atoms. The standard InChI is InChI=1S/C31H30N2O2S2/c1-31(2,3)24-13-15-25(16-14-24)35-18-17-32-21-23(26-11-7-8-12-27(26)32)19-28-29(34)33(30(36)37-28)20-22-9-5-4-6-10-22/h4-16,19,21H,17-18,20H2,1-3H3. The molecule has 0 radical (unpaired) electrons. The highest BCUT2D eigenvalue weighted by Gasteiger charge is 2.32. The Hall–Kier alpha value is -3.35. The van der Waals surface area contributed by atoms with Crippen molar-refractivity contribution in [2.45, 2.75) is 39.3 Å². The minimum absolute atomic E-state index is 0.0438. The first-order valence-corrected chi connectivity index (χ1v) is 13.6. The molecule has 1 amide bonds. The van der Waals surface area contributed by atoms with Crippen molar-refractivity contribution in [3.63, 3.8) is 0 Å². The highest BCUT2D eigenvalue weighted by atomic mass is 32.2. The summed E-state index contributed by atoms with van der Waals surface area (Å²) in [5, 5.41) is 1.10. The molecule has 0 atom stereocenters. The molecule has 0 unspecified atom stereocenters. The number of aromatic nitrogens is 1. The number of para-hydroxylation sites is 1. The van der Waals surface area contributed by atoms with Crippen LogP contribution < -0.4 is 4.74 Å². The fourth-order valence-electron chi connectivity index (χ4n) is 4.43. The second-order valence-corrected chi connectivity index (χ2v) is 11.8. The third kappa shape index (κ3) is 5.65. The smallest absolute Gasteiger partial charge is 0.266 e. The predicted molar refractivity (Wildman–Crippen MR) is 158 cm³/mol. The minimum atomic E-state index is -0.0438. The minimum Gasteiger partial charge on any atom is -0.492 e. The molecule has 3 aromatic carbocycles. The Bertz CT molecular complexity index is 1460. The van der Waals surface area contributed by atoms with Gasteiger partial charge in [0.2, 0.25) is 0 Å². The van der Waals surface area contributed by atoms with Gasteiger partial charge in [-0.2, -0.15) is 0 Å². The summed E-state index contributed by atoms with van der Waals surface area (Å²) in [6, 6.07) is 26.5. The number of ether oxygens (including phenoxy) is 1. The van der Waals surface area contributed by atoms with Gasteiger partial charge in [0.15, 0.2) is 0 Å². The average Bonchev–Trinajstić information content (AvgIpc) is 3.36. The summed E-state index contributed by atoms with van der Waals surface area (Å²) < 4.78 is 8.83. The van der Waals surface area contributed by atoms with Gasteiger partial charge in [0.05, 0.1) is 18.0 Å². The van der Waals surface area contributed by atoms with Crippen molar-refractivity contribution in [1.29, 1.82) is 0 Å². The summed E-state index contributed by atoms with van der Waals surface area (Å²) in [6.07, 6.45) is 4.07. The lowest BCUT2D eigenvalue weighted by atomic mass is 9.87. The SMILES string of the molecule is CC(C)(C)c1ccc(OCCn2cc(C=C3SC(=S)N(Cc4ccccc4)C3=O)c3ccccc32)cc1. The van der Waals surface area contributed by atoms with Gasteiger partial charge in [0.1, 0.15) is 16.7 Å². The second-order valence-electron chi connectivity index (χ2n) is 10.2. The van der Waals surface area contributed by atoms with Crippen LogP contribution in [-0.2, 0) is 23.3 Å². The fraction of sp³-hybridized carbons (Fsp3) is 0.226. The van der Waals surface area contributed by atoms with Gasteiger partial charge in [0, 0.05) is 22.7 Å². The molecule has 4 nitrogen and oxygen atoms in total. The van der Waals surface area contributed by atoms with E-state index in [0.717, 1.165) is 27.8 Å². The van der Waals surface area contributed by atoms with E-state index in [0.29, 0.717) is 28.9 Å². The maximum atomic E-state index is 13.2. The number of carbonyl (C=O) groups is 1. The molecule has 1 aromatic heterocycles. The third-order valence-corrected chi connectivity index (χ3v) is 7.86. The van der Waals surface area contributed by atoms with Crippen molar-refractivity contribution in [1.82, 2.24) is 9.47 Å². The molecule has 1 fully saturated rings. The molecule has 188 valence electrons. The largest absolute Gasteiger partial charge is 0.492 e. The summed E-state index contributed by atoms with van der Waals surface area (Å²) in [7, 11) is 0. The molecule has 5 rings (SSSR count). The number of fused-ring (bicyclic) bond motifs is 1. The predicted octanol–water partition coefficient (Wildman–Crippen LogP) is 7.42. The number of carbonyl (C=O) groups excluding carboxylic acids is 1. The maximum Gasteiger partial charge on any atom is 0.266 e. The normalized spacial score (nSPS) is 15.2. The molecule has 2 heterocycles. The number of thioether (sulfide) groups is 1. The van der Waals surface area contributed by atoms with Crippen LogP contribution in [0.5, 0.6) is 5.75 Å². The quantitative estimate of drug-likeness (QED) is 0.185. The molecule has 1 aliphatic rings. The Morgan fingerprint density at radius 3 is 2.38 bits per heavy atom. The number of rotatable bonds is 7. The van der Waals surface area contributed by atoms with E-state index in [1.807, 2.05) is 60.7 Å². The lowest BCUT2D eigenvalue weighted by Crippen LogP contribution is -2.27. The highest BCUT2D eigenvalue weighted by Crippen LogP contribution is 2.35. The van der Waals surface area contributed by atoms with E-state index in [1.165, 1.54) is 17.3 Å². The van der Waals surface area contributed by atoms with Crippen molar-refractivity contribution in [2.75, 3.05) is 6.61 Å². The first kappa shape index (κ1) is 25.3. The van der Waals surface area contributed by atoms with Crippen LogP contribution in [0, 0.1) is 0 Å².